The second kappa shape index (κ2) is 4.76. The summed E-state index contributed by atoms with van der Waals surface area (Å²) in [6.45, 7) is -0.0584. The molecule has 2 radical (unpaired) electrons. The lowest BCUT2D eigenvalue weighted by Crippen LogP contribution is -2.41. The van der Waals surface area contributed by atoms with Crippen LogP contribution in [0, 0.1) is 0 Å². The van der Waals surface area contributed by atoms with Gasteiger partial charge in [-0.2, -0.15) is 9.05 Å². The molecule has 2 aliphatic rings. The van der Waals surface area contributed by atoms with Gasteiger partial charge in [0.2, 0.25) is 0 Å². The normalized spacial score (nSPS) is 40.5. The Balaban J connectivity index is 1.90. The lowest BCUT2D eigenvalue weighted by Gasteiger charge is -2.27. The Kier molecular flexibility index (Phi) is 3.32. The van der Waals surface area contributed by atoms with Gasteiger partial charge in [0.1, 0.15) is 18.8 Å². The minimum Gasteiger partial charge on any atom is -0.385 e. The van der Waals surface area contributed by atoms with Crippen molar-refractivity contribution in [2.75, 3.05) is 6.61 Å². The van der Waals surface area contributed by atoms with Crippen molar-refractivity contribution in [3.05, 3.63) is 33.1 Å². The molecule has 0 aromatic carbocycles. The van der Waals surface area contributed by atoms with E-state index in [4.69, 9.17) is 21.4 Å². The molecule has 3 N–H and O–H groups in total. The number of hydrogen-bond acceptors (Lipinski definition) is 7. The maximum Gasteiger partial charge on any atom is 0.488 e. The molecule has 2 saturated heterocycles. The first-order chi connectivity index (χ1) is 9.37. The third-order valence-corrected chi connectivity index (χ3v) is 4.20. The van der Waals surface area contributed by atoms with E-state index in [0.717, 1.165) is 10.6 Å². The molecule has 0 aliphatic carbocycles. The van der Waals surface area contributed by atoms with Gasteiger partial charge < -0.3 is 9.84 Å². The van der Waals surface area contributed by atoms with E-state index in [1.165, 1.54) is 6.20 Å². The minimum absolute atomic E-state index is 0.0584. The van der Waals surface area contributed by atoms with Crippen LogP contribution in [0.4, 0.5) is 0 Å². The number of nitrogens with one attached hydrogen (secondary N) is 1. The van der Waals surface area contributed by atoms with E-state index in [1.807, 2.05) is 0 Å². The fraction of sp³-hybridized carbons (Fsp3) is 0.556. The first-order valence-electron chi connectivity index (χ1n) is 5.76. The van der Waals surface area contributed by atoms with Crippen LogP contribution < -0.4 is 11.2 Å². The molecular formula is C9H11BN2O7P+. The highest BCUT2D eigenvalue weighted by atomic mass is 31.2. The summed E-state index contributed by atoms with van der Waals surface area (Å²) in [5, 5.41) is 10.2. The van der Waals surface area contributed by atoms with Crippen molar-refractivity contribution in [2.24, 2.45) is 0 Å². The predicted molar refractivity (Wildman–Crippen MR) is 67.0 cm³/mol. The van der Waals surface area contributed by atoms with E-state index in [9.17, 15) is 19.6 Å². The topological polar surface area (TPSA) is 123 Å². The van der Waals surface area contributed by atoms with Gasteiger partial charge in [-0.15, -0.1) is 0 Å². The molecule has 9 nitrogen and oxygen atoms in total. The molecule has 3 heterocycles. The van der Waals surface area contributed by atoms with Crippen LogP contribution in [0.25, 0.3) is 0 Å². The summed E-state index contributed by atoms with van der Waals surface area (Å²) in [6.07, 6.45) is -2.66. The molecule has 106 valence electrons. The molecule has 2 aliphatic heterocycles. The van der Waals surface area contributed by atoms with Gasteiger partial charge in [-0.3, -0.25) is 14.3 Å². The average Bonchev–Trinajstić information content (AvgIpc) is 2.66. The molecule has 3 rings (SSSR count). The van der Waals surface area contributed by atoms with E-state index in [2.05, 4.69) is 4.98 Å². The first-order valence-corrected chi connectivity index (χ1v) is 7.40. The third-order valence-electron chi connectivity index (χ3n) is 3.13. The largest absolute Gasteiger partial charge is 0.488 e. The summed E-state index contributed by atoms with van der Waals surface area (Å²) in [5.74, 6) is 0. The standard InChI is InChI=1S/C9H11BN2O7P/c10-20(16)17-3-4-7(19-20)6(14)8(18-4)12-2-1-5(13)11-9(12)15/h1-2,4,6-8,14,16H,3H2,(H,11,13,15)/q+1/t4-,6?,7-,8-,20?/m1/s1. The van der Waals surface area contributed by atoms with Gasteiger partial charge >= 0.3 is 21.1 Å². The van der Waals surface area contributed by atoms with Gasteiger partial charge in [0, 0.05) is 12.3 Å². The number of H-pyrrole nitrogens is 1. The van der Waals surface area contributed by atoms with E-state index in [0.29, 0.717) is 0 Å². The zero-order chi connectivity index (χ0) is 14.5. The Morgan fingerprint density at radius 2 is 2.25 bits per heavy atom. The quantitative estimate of drug-likeness (QED) is 0.407. The van der Waals surface area contributed by atoms with Gasteiger partial charge in [0.25, 0.3) is 5.56 Å². The Labute approximate surface area is 114 Å². The van der Waals surface area contributed by atoms with Gasteiger partial charge in [0.05, 0.1) is 0 Å². The number of rotatable bonds is 1. The van der Waals surface area contributed by atoms with Crippen molar-refractivity contribution in [1.82, 2.24) is 9.55 Å². The molecule has 0 amide bonds. The molecule has 2 fully saturated rings. The summed E-state index contributed by atoms with van der Waals surface area (Å²) >= 11 is 0. The molecule has 11 heteroatoms. The van der Waals surface area contributed by atoms with Crippen molar-refractivity contribution < 1.29 is 23.8 Å². The van der Waals surface area contributed by atoms with Gasteiger partial charge in [-0.05, 0) is 0 Å². The van der Waals surface area contributed by atoms with E-state index >= 15 is 0 Å². The van der Waals surface area contributed by atoms with Crippen LogP contribution in [-0.2, 0) is 13.8 Å². The molecule has 5 atom stereocenters. The molecular weight excluding hydrogens is 290 g/mol. The highest BCUT2D eigenvalue weighted by Crippen LogP contribution is 2.58. The van der Waals surface area contributed by atoms with Gasteiger partial charge in [0.15, 0.2) is 12.3 Å². The molecule has 1 aromatic heterocycles. The van der Waals surface area contributed by atoms with Crippen LogP contribution in [0.3, 0.4) is 0 Å². The van der Waals surface area contributed by atoms with E-state index < -0.39 is 43.6 Å². The number of aliphatic hydroxyl groups excluding tert-OH is 1. The Hall–Kier alpha value is -1.03. The number of aromatic amines is 1. The maximum absolute atomic E-state index is 11.7. The second-order valence-electron chi connectivity index (χ2n) is 4.50. The zero-order valence-corrected chi connectivity index (χ0v) is 11.0. The van der Waals surface area contributed by atoms with Crippen molar-refractivity contribution in [1.29, 1.82) is 0 Å². The first kappa shape index (κ1) is 13.9. The minimum atomic E-state index is -3.47. The van der Waals surface area contributed by atoms with Gasteiger partial charge in [-0.25, -0.2) is 9.69 Å². The molecule has 0 bridgehead atoms. The summed E-state index contributed by atoms with van der Waals surface area (Å²) in [7, 11) is 1.90. The molecule has 1 aromatic rings. The number of fused-ring (bicyclic) bond motifs is 1. The van der Waals surface area contributed by atoms with Crippen LogP contribution in [0.1, 0.15) is 6.23 Å². The molecule has 0 spiro atoms. The highest BCUT2D eigenvalue weighted by Gasteiger charge is 2.56. The third kappa shape index (κ3) is 2.35. The smallest absolute Gasteiger partial charge is 0.385 e. The molecule has 2 unspecified atom stereocenters. The molecule has 0 saturated carbocycles. The second-order valence-corrected chi connectivity index (χ2v) is 6.10. The van der Waals surface area contributed by atoms with Crippen molar-refractivity contribution in [3.63, 3.8) is 0 Å². The summed E-state index contributed by atoms with van der Waals surface area (Å²) in [4.78, 5) is 34.3. The van der Waals surface area contributed by atoms with Crippen molar-refractivity contribution in [2.45, 2.75) is 24.5 Å². The van der Waals surface area contributed by atoms with Crippen LogP contribution >= 0.6 is 7.82 Å². The summed E-state index contributed by atoms with van der Waals surface area (Å²) in [5.41, 5.74) is -1.28. The predicted octanol–water partition coefficient (Wildman–Crippen LogP) is -1.95. The number of ether oxygens (including phenoxy) is 1. The Morgan fingerprint density at radius 1 is 1.50 bits per heavy atom. The SMILES string of the molecule is [B][P+]1(O)OC[C@H]2O[C@@H](n3ccc(=O)[nH]c3=O)C(O)[C@@H]2O1. The lowest BCUT2D eigenvalue weighted by atomic mass is 10.1. The maximum atomic E-state index is 11.7. The van der Waals surface area contributed by atoms with Crippen LogP contribution in [0.5, 0.6) is 0 Å². The Bertz CT molecular complexity index is 631. The van der Waals surface area contributed by atoms with Gasteiger partial charge in [-0.1, -0.05) is 0 Å². The fourth-order valence-electron chi connectivity index (χ4n) is 2.23. The average molecular weight is 301 g/mol. The van der Waals surface area contributed by atoms with Crippen molar-refractivity contribution >= 4 is 15.4 Å². The van der Waals surface area contributed by atoms with Crippen molar-refractivity contribution in [3.8, 4) is 0 Å². The van der Waals surface area contributed by atoms with E-state index in [1.54, 1.807) is 0 Å². The number of nitrogens with zero attached hydrogens (tertiary/aromatic N) is 1. The summed E-state index contributed by atoms with van der Waals surface area (Å²) in [6, 6.07) is 1.13. The van der Waals surface area contributed by atoms with E-state index in [-0.39, 0.29) is 6.61 Å². The Morgan fingerprint density at radius 3 is 2.95 bits per heavy atom. The monoisotopic (exact) mass is 301 g/mol. The number of aromatic nitrogens is 2. The van der Waals surface area contributed by atoms with Crippen LogP contribution in [0.2, 0.25) is 0 Å². The van der Waals surface area contributed by atoms with Crippen LogP contribution in [-0.4, -0.2) is 52.0 Å². The molecule has 20 heavy (non-hydrogen) atoms. The zero-order valence-electron chi connectivity index (χ0n) is 10.1. The van der Waals surface area contributed by atoms with Crippen LogP contribution in [0.15, 0.2) is 21.9 Å². The summed E-state index contributed by atoms with van der Waals surface area (Å²) < 4.78 is 16.5. The lowest BCUT2D eigenvalue weighted by molar-refractivity contribution is -0.0630. The highest BCUT2D eigenvalue weighted by molar-refractivity contribution is 7.85. The number of hydrogen-bond donors (Lipinski definition) is 3. The fourth-order valence-corrected chi connectivity index (χ4v) is 3.26. The number of aliphatic hydroxyl groups is 1.